The van der Waals surface area contributed by atoms with Gasteiger partial charge in [-0.2, -0.15) is 5.10 Å². The minimum atomic E-state index is -4.18. The first-order chi connectivity index (χ1) is 15.0. The van der Waals surface area contributed by atoms with Gasteiger partial charge < -0.3 is 9.47 Å². The van der Waals surface area contributed by atoms with Crippen molar-refractivity contribution in [1.29, 1.82) is 0 Å². The first-order valence-corrected chi connectivity index (χ1v) is 11.4. The molecule has 1 heterocycles. The van der Waals surface area contributed by atoms with E-state index in [-0.39, 0.29) is 21.6 Å². The number of nitrogens with zero attached hydrogens (tertiary/aromatic N) is 2. The quantitative estimate of drug-likeness (QED) is 0.584. The number of carbonyl (C=O) groups excluding carboxylic acids is 1. The molecular weight excluding hydrogens is 430 g/mol. The summed E-state index contributed by atoms with van der Waals surface area (Å²) >= 11 is 0. The zero-order valence-corrected chi connectivity index (χ0v) is 19.6. The highest BCUT2D eigenvalue weighted by Gasteiger charge is 2.26. The van der Waals surface area contributed by atoms with E-state index >= 15 is 0 Å². The van der Waals surface area contributed by atoms with E-state index < -0.39 is 15.9 Å². The molecule has 0 aliphatic carbocycles. The average molecular weight is 458 g/mol. The lowest BCUT2D eigenvalue weighted by Crippen LogP contribution is -2.31. The van der Waals surface area contributed by atoms with Gasteiger partial charge in [0.1, 0.15) is 16.4 Å². The van der Waals surface area contributed by atoms with Crippen molar-refractivity contribution in [3.05, 3.63) is 71.5 Å². The van der Waals surface area contributed by atoms with Crippen LogP contribution in [0.4, 0.5) is 0 Å². The van der Waals surface area contributed by atoms with Gasteiger partial charge in [0, 0.05) is 23.5 Å². The number of amides is 1. The number of hydrogen-bond donors (Lipinski definition) is 1. The van der Waals surface area contributed by atoms with Crippen molar-refractivity contribution < 1.29 is 22.7 Å². The summed E-state index contributed by atoms with van der Waals surface area (Å²) in [6.45, 7) is 6.37. The molecule has 0 unspecified atom stereocenters. The molecule has 0 saturated carbocycles. The highest BCUT2D eigenvalue weighted by atomic mass is 32.2. The molecule has 8 nitrogen and oxygen atoms in total. The number of carbonyl (C=O) groups is 1. The van der Waals surface area contributed by atoms with E-state index in [4.69, 9.17) is 9.47 Å². The van der Waals surface area contributed by atoms with Gasteiger partial charge >= 0.3 is 0 Å². The van der Waals surface area contributed by atoms with Crippen LogP contribution in [0, 0.1) is 0 Å². The fourth-order valence-electron chi connectivity index (χ4n) is 3.17. The van der Waals surface area contributed by atoms with Crippen LogP contribution in [0.5, 0.6) is 11.5 Å². The molecule has 0 saturated heterocycles. The summed E-state index contributed by atoms with van der Waals surface area (Å²) in [6, 6.07) is 11.5. The minimum Gasteiger partial charge on any atom is -0.496 e. The summed E-state index contributed by atoms with van der Waals surface area (Å²) in [5, 5.41) is 4.16. The number of sulfonamides is 1. The number of aromatic nitrogens is 2. The van der Waals surface area contributed by atoms with Gasteiger partial charge in [0.15, 0.2) is 0 Å². The van der Waals surface area contributed by atoms with Crippen LogP contribution in [0.1, 0.15) is 42.3 Å². The maximum absolute atomic E-state index is 13.1. The third-order valence-electron chi connectivity index (χ3n) is 4.99. The Morgan fingerprint density at radius 1 is 1.06 bits per heavy atom. The van der Waals surface area contributed by atoms with Crippen molar-refractivity contribution in [2.75, 3.05) is 14.2 Å². The first-order valence-electron chi connectivity index (χ1n) is 9.95. The van der Waals surface area contributed by atoms with E-state index in [0.29, 0.717) is 12.3 Å². The van der Waals surface area contributed by atoms with Gasteiger partial charge in [-0.05, 0) is 41.3 Å². The lowest BCUT2D eigenvalue weighted by Gasteiger charge is -2.21. The lowest BCUT2D eigenvalue weighted by atomic mass is 9.87. The summed E-state index contributed by atoms with van der Waals surface area (Å²) in [5.41, 5.74) is 1.48. The summed E-state index contributed by atoms with van der Waals surface area (Å²) in [6.07, 6.45) is 3.48. The van der Waals surface area contributed by atoms with Crippen molar-refractivity contribution in [1.82, 2.24) is 14.5 Å². The lowest BCUT2D eigenvalue weighted by molar-refractivity contribution is 0.0981. The van der Waals surface area contributed by atoms with E-state index in [1.165, 1.54) is 26.4 Å². The van der Waals surface area contributed by atoms with Crippen LogP contribution in [0.3, 0.4) is 0 Å². The van der Waals surface area contributed by atoms with Crippen molar-refractivity contribution >= 4 is 15.9 Å². The maximum atomic E-state index is 13.1. The Hall–Kier alpha value is -3.33. The average Bonchev–Trinajstić information content (AvgIpc) is 3.25. The highest BCUT2D eigenvalue weighted by molar-refractivity contribution is 7.90. The standard InChI is InChI=1S/C23H27N3O5S/c1-23(2,3)18-9-10-19(30-4)21(14-18)32(28,29)25-22(27)16-7-8-17(20(13-16)31-5)15-26-12-6-11-24-26/h6-14H,15H2,1-5H3,(H,25,27). The van der Waals surface area contributed by atoms with Crippen LogP contribution < -0.4 is 14.2 Å². The Bertz CT molecular complexity index is 1210. The van der Waals surface area contributed by atoms with Gasteiger partial charge in [-0.1, -0.05) is 32.9 Å². The molecule has 170 valence electrons. The Kier molecular flexibility index (Phi) is 6.59. The third kappa shape index (κ3) is 5.11. The molecule has 1 aromatic heterocycles. The van der Waals surface area contributed by atoms with E-state index in [1.54, 1.807) is 29.1 Å². The van der Waals surface area contributed by atoms with Crippen molar-refractivity contribution in [2.45, 2.75) is 37.6 Å². The summed E-state index contributed by atoms with van der Waals surface area (Å²) in [4.78, 5) is 12.7. The van der Waals surface area contributed by atoms with Gasteiger partial charge in [-0.3, -0.25) is 9.48 Å². The molecule has 0 radical (unpaired) electrons. The van der Waals surface area contributed by atoms with E-state index in [0.717, 1.165) is 11.1 Å². The Labute approximate surface area is 188 Å². The normalized spacial score (nSPS) is 11.8. The van der Waals surface area contributed by atoms with Gasteiger partial charge in [-0.25, -0.2) is 13.1 Å². The molecule has 1 amide bonds. The molecule has 0 bridgehead atoms. The highest BCUT2D eigenvalue weighted by Crippen LogP contribution is 2.31. The van der Waals surface area contributed by atoms with Crippen molar-refractivity contribution in [3.63, 3.8) is 0 Å². The summed E-state index contributed by atoms with van der Waals surface area (Å²) < 4.78 is 40.6. The molecule has 3 rings (SSSR count). The number of nitrogens with one attached hydrogen (secondary N) is 1. The fraction of sp³-hybridized carbons (Fsp3) is 0.304. The molecule has 1 N–H and O–H groups in total. The second kappa shape index (κ2) is 9.04. The van der Waals surface area contributed by atoms with Gasteiger partial charge in [0.25, 0.3) is 15.9 Å². The SMILES string of the molecule is COc1cc(C(=O)NS(=O)(=O)c2cc(C(C)(C)C)ccc2OC)ccc1Cn1cccn1. The predicted octanol–water partition coefficient (Wildman–Crippen LogP) is 3.36. The number of methoxy groups -OCH3 is 2. The smallest absolute Gasteiger partial charge is 0.268 e. The van der Waals surface area contributed by atoms with Crippen LogP contribution in [0.15, 0.2) is 59.8 Å². The summed E-state index contributed by atoms with van der Waals surface area (Å²) in [7, 11) is -1.31. The second-order valence-corrected chi connectivity index (χ2v) is 9.93. The molecule has 32 heavy (non-hydrogen) atoms. The molecule has 0 aliphatic rings. The van der Waals surface area contributed by atoms with Gasteiger partial charge in [0.05, 0.1) is 20.8 Å². The van der Waals surface area contributed by atoms with Gasteiger partial charge in [0.2, 0.25) is 0 Å². The molecule has 9 heteroatoms. The minimum absolute atomic E-state index is 0.0944. The molecule has 0 spiro atoms. The fourth-order valence-corrected chi connectivity index (χ4v) is 4.34. The Morgan fingerprint density at radius 3 is 2.38 bits per heavy atom. The van der Waals surface area contributed by atoms with Crippen molar-refractivity contribution in [2.24, 2.45) is 0 Å². The molecule has 2 aromatic carbocycles. The van der Waals surface area contributed by atoms with E-state index in [2.05, 4.69) is 9.82 Å². The molecule has 0 fully saturated rings. The molecular formula is C23H27N3O5S. The van der Waals surface area contributed by atoms with Crippen LogP contribution in [-0.4, -0.2) is 38.3 Å². The number of hydrogen-bond acceptors (Lipinski definition) is 6. The number of rotatable bonds is 7. The first kappa shape index (κ1) is 23.3. The van der Waals surface area contributed by atoms with Gasteiger partial charge in [-0.15, -0.1) is 0 Å². The van der Waals surface area contributed by atoms with Crippen LogP contribution >= 0.6 is 0 Å². The van der Waals surface area contributed by atoms with E-state index in [1.807, 2.05) is 39.1 Å². The largest absolute Gasteiger partial charge is 0.496 e. The molecule has 0 atom stereocenters. The maximum Gasteiger partial charge on any atom is 0.268 e. The van der Waals surface area contributed by atoms with Crippen LogP contribution in [-0.2, 0) is 22.0 Å². The Morgan fingerprint density at radius 2 is 1.78 bits per heavy atom. The number of benzene rings is 2. The number of ether oxygens (including phenoxy) is 2. The molecule has 0 aliphatic heterocycles. The zero-order valence-electron chi connectivity index (χ0n) is 18.7. The Balaban J connectivity index is 1.89. The van der Waals surface area contributed by atoms with Crippen LogP contribution in [0.2, 0.25) is 0 Å². The van der Waals surface area contributed by atoms with E-state index in [9.17, 15) is 13.2 Å². The topological polar surface area (TPSA) is 99.5 Å². The van der Waals surface area contributed by atoms with Crippen LogP contribution in [0.25, 0.3) is 0 Å². The monoisotopic (exact) mass is 457 g/mol. The predicted molar refractivity (Wildman–Crippen MR) is 121 cm³/mol. The second-order valence-electron chi connectivity index (χ2n) is 8.28. The summed E-state index contributed by atoms with van der Waals surface area (Å²) in [5.74, 6) is -0.152. The van der Waals surface area contributed by atoms with Crippen molar-refractivity contribution in [3.8, 4) is 11.5 Å². The third-order valence-corrected chi connectivity index (χ3v) is 6.34. The zero-order chi connectivity index (χ0) is 23.5. The molecule has 3 aromatic rings.